The lowest BCUT2D eigenvalue weighted by Gasteiger charge is -2.18. The zero-order valence-electron chi connectivity index (χ0n) is 11.4. The summed E-state index contributed by atoms with van der Waals surface area (Å²) >= 11 is 3.48. The maximum absolute atomic E-state index is 5.37. The van der Waals surface area contributed by atoms with E-state index in [1.807, 2.05) is 6.07 Å². The van der Waals surface area contributed by atoms with Crippen LogP contribution in [0.5, 0.6) is 0 Å². The van der Waals surface area contributed by atoms with E-state index < -0.39 is 0 Å². The number of aryl methyl sites for hydroxylation is 1. The molecule has 0 radical (unpaired) electrons. The monoisotopic (exact) mass is 321 g/mol. The van der Waals surface area contributed by atoms with E-state index in [1.165, 1.54) is 11.1 Å². The van der Waals surface area contributed by atoms with Gasteiger partial charge in [-0.3, -0.25) is 0 Å². The lowest BCUT2D eigenvalue weighted by Crippen LogP contribution is -2.23. The SMILES string of the molecule is CCCNC(c1ccc(CC)cc1)c1ccoc1Br. The Morgan fingerprint density at radius 2 is 1.89 bits per heavy atom. The van der Waals surface area contributed by atoms with Crippen LogP contribution in [0.4, 0.5) is 0 Å². The molecule has 1 unspecified atom stereocenters. The predicted molar refractivity (Wildman–Crippen MR) is 82.4 cm³/mol. The predicted octanol–water partition coefficient (Wildman–Crippen LogP) is 4.69. The number of halogens is 1. The topological polar surface area (TPSA) is 25.2 Å². The highest BCUT2D eigenvalue weighted by atomic mass is 79.9. The van der Waals surface area contributed by atoms with Crippen molar-refractivity contribution in [2.24, 2.45) is 0 Å². The van der Waals surface area contributed by atoms with Crippen molar-refractivity contribution in [1.82, 2.24) is 5.32 Å². The van der Waals surface area contributed by atoms with Gasteiger partial charge in [0.1, 0.15) is 0 Å². The molecule has 1 aromatic carbocycles. The molecule has 3 heteroatoms. The lowest BCUT2D eigenvalue weighted by molar-refractivity contribution is 0.523. The third kappa shape index (κ3) is 3.48. The summed E-state index contributed by atoms with van der Waals surface area (Å²) in [7, 11) is 0. The molecule has 1 atom stereocenters. The Labute approximate surface area is 123 Å². The molecule has 0 aliphatic carbocycles. The lowest BCUT2D eigenvalue weighted by atomic mass is 9.99. The molecule has 19 heavy (non-hydrogen) atoms. The van der Waals surface area contributed by atoms with E-state index in [0.717, 1.165) is 29.6 Å². The molecule has 1 N–H and O–H groups in total. The van der Waals surface area contributed by atoms with Gasteiger partial charge in [0.25, 0.3) is 0 Å². The molecule has 0 saturated heterocycles. The van der Waals surface area contributed by atoms with E-state index in [1.54, 1.807) is 6.26 Å². The Morgan fingerprint density at radius 3 is 2.42 bits per heavy atom. The second-order valence-corrected chi connectivity index (χ2v) is 5.35. The first-order valence-corrected chi connectivity index (χ1v) is 7.60. The van der Waals surface area contributed by atoms with Gasteiger partial charge in [-0.05, 0) is 52.5 Å². The highest BCUT2D eigenvalue weighted by Crippen LogP contribution is 2.29. The zero-order valence-corrected chi connectivity index (χ0v) is 13.0. The highest BCUT2D eigenvalue weighted by Gasteiger charge is 2.17. The maximum atomic E-state index is 5.37. The minimum absolute atomic E-state index is 0.180. The van der Waals surface area contributed by atoms with Crippen LogP contribution in [0.3, 0.4) is 0 Å². The van der Waals surface area contributed by atoms with E-state index in [-0.39, 0.29) is 6.04 Å². The molecule has 0 aliphatic rings. The summed E-state index contributed by atoms with van der Waals surface area (Å²) in [6.07, 6.45) is 3.90. The van der Waals surface area contributed by atoms with Gasteiger partial charge < -0.3 is 9.73 Å². The Bertz CT molecular complexity index is 504. The van der Waals surface area contributed by atoms with Crippen LogP contribution < -0.4 is 5.32 Å². The third-order valence-corrected chi connectivity index (χ3v) is 3.92. The van der Waals surface area contributed by atoms with Crippen LogP contribution in [0, 0.1) is 0 Å². The summed E-state index contributed by atoms with van der Waals surface area (Å²) in [5.74, 6) is 0. The minimum Gasteiger partial charge on any atom is -0.457 e. The van der Waals surface area contributed by atoms with Gasteiger partial charge in [-0.25, -0.2) is 0 Å². The van der Waals surface area contributed by atoms with E-state index >= 15 is 0 Å². The van der Waals surface area contributed by atoms with Gasteiger partial charge in [0, 0.05) is 5.56 Å². The largest absolute Gasteiger partial charge is 0.457 e. The number of benzene rings is 1. The van der Waals surface area contributed by atoms with Gasteiger partial charge in [0.2, 0.25) is 0 Å². The Hall–Kier alpha value is -1.06. The average molecular weight is 322 g/mol. The van der Waals surface area contributed by atoms with E-state index in [9.17, 15) is 0 Å². The molecule has 0 spiro atoms. The van der Waals surface area contributed by atoms with Crippen molar-refractivity contribution < 1.29 is 4.42 Å². The molecule has 2 rings (SSSR count). The van der Waals surface area contributed by atoms with Crippen molar-refractivity contribution in [3.05, 3.63) is 58.0 Å². The molecule has 1 heterocycles. The summed E-state index contributed by atoms with van der Waals surface area (Å²) < 4.78 is 6.17. The molecule has 102 valence electrons. The standard InChI is InChI=1S/C16H20BrNO/c1-3-10-18-15(14-9-11-19-16(14)17)13-7-5-12(4-2)6-8-13/h5-9,11,15,18H,3-4,10H2,1-2H3. The fraction of sp³-hybridized carbons (Fsp3) is 0.375. The molecule has 0 bridgehead atoms. The van der Waals surface area contributed by atoms with Gasteiger partial charge in [0.15, 0.2) is 4.67 Å². The van der Waals surface area contributed by atoms with Crippen molar-refractivity contribution >= 4 is 15.9 Å². The number of hydrogen-bond acceptors (Lipinski definition) is 2. The van der Waals surface area contributed by atoms with E-state index in [0.29, 0.717) is 0 Å². The van der Waals surface area contributed by atoms with E-state index in [4.69, 9.17) is 4.42 Å². The summed E-state index contributed by atoms with van der Waals surface area (Å²) in [6, 6.07) is 11.0. The summed E-state index contributed by atoms with van der Waals surface area (Å²) in [5.41, 5.74) is 3.79. The van der Waals surface area contributed by atoms with Crippen LogP contribution in [-0.2, 0) is 6.42 Å². The van der Waals surface area contributed by atoms with Crippen molar-refractivity contribution in [2.45, 2.75) is 32.7 Å². The maximum Gasteiger partial charge on any atom is 0.174 e. The molecule has 1 aromatic heterocycles. The first-order chi connectivity index (χ1) is 9.26. The smallest absolute Gasteiger partial charge is 0.174 e. The fourth-order valence-corrected chi connectivity index (χ4v) is 2.62. The van der Waals surface area contributed by atoms with Gasteiger partial charge in [-0.15, -0.1) is 0 Å². The van der Waals surface area contributed by atoms with Gasteiger partial charge in [-0.2, -0.15) is 0 Å². The highest BCUT2D eigenvalue weighted by molar-refractivity contribution is 9.10. The quantitative estimate of drug-likeness (QED) is 0.834. The number of furan rings is 1. The van der Waals surface area contributed by atoms with Gasteiger partial charge >= 0.3 is 0 Å². The van der Waals surface area contributed by atoms with Crippen LogP contribution in [-0.4, -0.2) is 6.54 Å². The molecular formula is C16H20BrNO. The molecule has 0 saturated carbocycles. The first-order valence-electron chi connectivity index (χ1n) is 6.81. The van der Waals surface area contributed by atoms with Crippen LogP contribution in [0.2, 0.25) is 0 Å². The number of rotatable bonds is 6. The summed E-state index contributed by atoms with van der Waals surface area (Å²) in [4.78, 5) is 0. The van der Waals surface area contributed by atoms with Crippen LogP contribution in [0.15, 0.2) is 45.7 Å². The second kappa shape index (κ2) is 6.92. The Morgan fingerprint density at radius 1 is 1.16 bits per heavy atom. The Kier molecular flexibility index (Phi) is 5.23. The zero-order chi connectivity index (χ0) is 13.7. The Balaban J connectivity index is 2.28. The van der Waals surface area contributed by atoms with Crippen LogP contribution >= 0.6 is 15.9 Å². The summed E-state index contributed by atoms with van der Waals surface area (Å²) in [6.45, 7) is 5.33. The van der Waals surface area contributed by atoms with Crippen molar-refractivity contribution in [1.29, 1.82) is 0 Å². The van der Waals surface area contributed by atoms with Gasteiger partial charge in [0.05, 0.1) is 12.3 Å². The normalized spacial score (nSPS) is 12.6. The van der Waals surface area contributed by atoms with Gasteiger partial charge in [-0.1, -0.05) is 38.1 Å². The molecule has 0 fully saturated rings. The second-order valence-electron chi connectivity index (χ2n) is 4.63. The fourth-order valence-electron chi connectivity index (χ4n) is 2.15. The van der Waals surface area contributed by atoms with Crippen molar-refractivity contribution in [2.75, 3.05) is 6.54 Å². The molecule has 0 aliphatic heterocycles. The van der Waals surface area contributed by atoms with Crippen LogP contribution in [0.1, 0.15) is 43.0 Å². The molecule has 2 nitrogen and oxygen atoms in total. The minimum atomic E-state index is 0.180. The molecular weight excluding hydrogens is 302 g/mol. The molecule has 2 aromatic rings. The van der Waals surface area contributed by atoms with Crippen molar-refractivity contribution in [3.63, 3.8) is 0 Å². The first kappa shape index (κ1) is 14.4. The average Bonchev–Trinajstić information content (AvgIpc) is 2.86. The van der Waals surface area contributed by atoms with Crippen LogP contribution in [0.25, 0.3) is 0 Å². The number of nitrogens with one attached hydrogen (secondary N) is 1. The molecule has 0 amide bonds. The summed E-state index contributed by atoms with van der Waals surface area (Å²) in [5, 5.41) is 3.58. The van der Waals surface area contributed by atoms with E-state index in [2.05, 4.69) is 59.4 Å². The van der Waals surface area contributed by atoms with Crippen molar-refractivity contribution in [3.8, 4) is 0 Å². The number of hydrogen-bond donors (Lipinski definition) is 1. The third-order valence-electron chi connectivity index (χ3n) is 3.28.